The van der Waals surface area contributed by atoms with Crippen LogP contribution in [-0.4, -0.2) is 52.7 Å². The van der Waals surface area contributed by atoms with Gasteiger partial charge in [0.05, 0.1) is 11.9 Å². The topological polar surface area (TPSA) is 88.5 Å². The zero-order chi connectivity index (χ0) is 19.8. The van der Waals surface area contributed by atoms with Crippen molar-refractivity contribution in [1.82, 2.24) is 20.0 Å². The number of halogens is 1. The highest BCUT2D eigenvalue weighted by molar-refractivity contribution is 14.0. The molecule has 1 amide bonds. The summed E-state index contributed by atoms with van der Waals surface area (Å²) in [5.74, 6) is 1.02. The SMILES string of the molecule is CCNC(=NCCc1cnn(-c2ccccc2)c1)N1CCCC(CC(N)=O)C1.I. The molecule has 1 saturated heterocycles. The zero-order valence-electron chi connectivity index (χ0n) is 17.0. The van der Waals surface area contributed by atoms with Crippen molar-refractivity contribution < 1.29 is 4.79 Å². The summed E-state index contributed by atoms with van der Waals surface area (Å²) in [5, 5.41) is 7.83. The van der Waals surface area contributed by atoms with Crippen LogP contribution >= 0.6 is 24.0 Å². The van der Waals surface area contributed by atoms with E-state index in [0.717, 1.165) is 56.1 Å². The molecule has 0 spiro atoms. The lowest BCUT2D eigenvalue weighted by atomic mass is 9.95. The Labute approximate surface area is 189 Å². The average molecular weight is 510 g/mol. The standard InChI is InChI=1S/C21H30N6O.HI/c1-2-23-21(26-12-6-7-17(15-26)13-20(22)28)24-11-10-18-14-25-27(16-18)19-8-4-3-5-9-19;/h3-5,8-9,14,16-17H,2,6-7,10-13,15H2,1H3,(H2,22,28)(H,23,24);1H. The van der Waals surface area contributed by atoms with Crippen molar-refractivity contribution in [2.75, 3.05) is 26.2 Å². The summed E-state index contributed by atoms with van der Waals surface area (Å²) in [4.78, 5) is 18.3. The number of likely N-dealkylation sites (tertiary alicyclic amines) is 1. The largest absolute Gasteiger partial charge is 0.370 e. The molecule has 1 aromatic heterocycles. The van der Waals surface area contributed by atoms with Crippen molar-refractivity contribution in [3.63, 3.8) is 0 Å². The van der Waals surface area contributed by atoms with Crippen molar-refractivity contribution in [2.24, 2.45) is 16.6 Å². The van der Waals surface area contributed by atoms with E-state index in [9.17, 15) is 4.79 Å². The van der Waals surface area contributed by atoms with Crippen molar-refractivity contribution in [3.8, 4) is 5.69 Å². The number of aliphatic imine (C=N–C) groups is 1. The van der Waals surface area contributed by atoms with Crippen LogP contribution < -0.4 is 11.1 Å². The van der Waals surface area contributed by atoms with Crippen molar-refractivity contribution in [2.45, 2.75) is 32.6 Å². The Morgan fingerprint density at radius 2 is 2.14 bits per heavy atom. The molecular formula is C21H31IN6O. The first kappa shape index (κ1) is 23.2. The quantitative estimate of drug-likeness (QED) is 0.341. The number of nitrogens with two attached hydrogens (primary N) is 1. The summed E-state index contributed by atoms with van der Waals surface area (Å²) < 4.78 is 1.89. The highest BCUT2D eigenvalue weighted by atomic mass is 127. The molecule has 0 radical (unpaired) electrons. The van der Waals surface area contributed by atoms with Gasteiger partial charge in [0.2, 0.25) is 5.91 Å². The van der Waals surface area contributed by atoms with Crippen molar-refractivity contribution >= 4 is 35.8 Å². The molecule has 0 bridgehead atoms. The van der Waals surface area contributed by atoms with Gasteiger partial charge in [-0.3, -0.25) is 9.79 Å². The third-order valence-corrected chi connectivity index (χ3v) is 4.96. The second kappa shape index (κ2) is 11.8. The summed E-state index contributed by atoms with van der Waals surface area (Å²) in [7, 11) is 0. The van der Waals surface area contributed by atoms with Gasteiger partial charge in [-0.1, -0.05) is 18.2 Å². The van der Waals surface area contributed by atoms with Crippen molar-refractivity contribution in [1.29, 1.82) is 0 Å². The number of para-hydroxylation sites is 1. The Morgan fingerprint density at radius 1 is 1.34 bits per heavy atom. The first-order valence-electron chi connectivity index (χ1n) is 10.1. The number of nitrogens with zero attached hydrogens (tertiary/aromatic N) is 4. The van der Waals surface area contributed by atoms with Gasteiger partial charge < -0.3 is 16.0 Å². The smallest absolute Gasteiger partial charge is 0.217 e. The molecular weight excluding hydrogens is 479 g/mol. The molecule has 2 heterocycles. The van der Waals surface area contributed by atoms with Crippen LogP contribution in [0.25, 0.3) is 5.69 Å². The van der Waals surface area contributed by atoms with E-state index in [4.69, 9.17) is 10.7 Å². The van der Waals surface area contributed by atoms with Crippen molar-refractivity contribution in [3.05, 3.63) is 48.3 Å². The van der Waals surface area contributed by atoms with Crippen LogP contribution in [0.3, 0.4) is 0 Å². The fraction of sp³-hybridized carbons (Fsp3) is 0.476. The number of rotatable bonds is 7. The number of carbonyl (C=O) groups is 1. The Kier molecular flexibility index (Phi) is 9.43. The third-order valence-electron chi connectivity index (χ3n) is 4.96. The molecule has 1 unspecified atom stereocenters. The molecule has 7 nitrogen and oxygen atoms in total. The Morgan fingerprint density at radius 3 is 2.86 bits per heavy atom. The number of primary amides is 1. The summed E-state index contributed by atoms with van der Waals surface area (Å²) in [6.45, 7) is 5.39. The molecule has 3 N–H and O–H groups in total. The number of carbonyl (C=O) groups excluding carboxylic acids is 1. The first-order valence-corrected chi connectivity index (χ1v) is 10.1. The molecule has 3 rings (SSSR count). The molecule has 158 valence electrons. The van der Waals surface area contributed by atoms with E-state index < -0.39 is 0 Å². The maximum atomic E-state index is 11.3. The molecule has 29 heavy (non-hydrogen) atoms. The van der Waals surface area contributed by atoms with E-state index in [2.05, 4.69) is 28.4 Å². The molecule has 0 saturated carbocycles. The second-order valence-electron chi connectivity index (χ2n) is 7.24. The molecule has 1 fully saturated rings. The van der Waals surface area contributed by atoms with Gasteiger partial charge in [-0.25, -0.2) is 4.68 Å². The monoisotopic (exact) mass is 510 g/mol. The minimum Gasteiger partial charge on any atom is -0.370 e. The Hall–Kier alpha value is -2.10. The zero-order valence-corrected chi connectivity index (χ0v) is 19.3. The highest BCUT2D eigenvalue weighted by Crippen LogP contribution is 2.19. The maximum Gasteiger partial charge on any atom is 0.217 e. The van der Waals surface area contributed by atoms with Gasteiger partial charge >= 0.3 is 0 Å². The number of piperidine rings is 1. The van der Waals surface area contributed by atoms with Crippen LogP contribution in [-0.2, 0) is 11.2 Å². The van der Waals surface area contributed by atoms with Crippen LogP contribution in [0, 0.1) is 5.92 Å². The van der Waals surface area contributed by atoms with Gasteiger partial charge in [-0.2, -0.15) is 5.10 Å². The van der Waals surface area contributed by atoms with Gasteiger partial charge in [0.1, 0.15) is 0 Å². The number of hydrogen-bond donors (Lipinski definition) is 2. The number of benzene rings is 1. The molecule has 8 heteroatoms. The lowest BCUT2D eigenvalue weighted by Gasteiger charge is -2.34. The number of hydrogen-bond acceptors (Lipinski definition) is 3. The van der Waals surface area contributed by atoms with Gasteiger partial charge in [0.15, 0.2) is 5.96 Å². The van der Waals surface area contributed by atoms with Gasteiger partial charge in [0.25, 0.3) is 0 Å². The summed E-state index contributed by atoms with van der Waals surface area (Å²) in [6, 6.07) is 10.1. The maximum absolute atomic E-state index is 11.3. The minimum atomic E-state index is -0.218. The Balaban J connectivity index is 0.00000300. The minimum absolute atomic E-state index is 0. The number of guanidine groups is 1. The van der Waals surface area contributed by atoms with Crippen LogP contribution in [0.5, 0.6) is 0 Å². The third kappa shape index (κ3) is 7.02. The van der Waals surface area contributed by atoms with Crippen LogP contribution in [0.15, 0.2) is 47.7 Å². The summed E-state index contributed by atoms with van der Waals surface area (Å²) in [6.07, 6.45) is 7.36. The molecule has 1 aliphatic rings. The van der Waals surface area contributed by atoms with E-state index >= 15 is 0 Å². The molecule has 1 aromatic carbocycles. The lowest BCUT2D eigenvalue weighted by Crippen LogP contribution is -2.47. The molecule has 2 aromatic rings. The van der Waals surface area contributed by atoms with Crippen LogP contribution in [0.4, 0.5) is 0 Å². The highest BCUT2D eigenvalue weighted by Gasteiger charge is 2.23. The first-order chi connectivity index (χ1) is 13.7. The van der Waals surface area contributed by atoms with Gasteiger partial charge in [0, 0.05) is 38.8 Å². The van der Waals surface area contributed by atoms with E-state index in [-0.39, 0.29) is 29.9 Å². The second-order valence-corrected chi connectivity index (χ2v) is 7.24. The Bertz CT molecular complexity index is 791. The molecule has 0 aliphatic carbocycles. The average Bonchev–Trinajstić information content (AvgIpc) is 3.17. The van der Waals surface area contributed by atoms with Gasteiger partial charge in [-0.15, -0.1) is 24.0 Å². The molecule has 1 atom stereocenters. The summed E-state index contributed by atoms with van der Waals surface area (Å²) >= 11 is 0. The number of aromatic nitrogens is 2. The summed E-state index contributed by atoms with van der Waals surface area (Å²) in [5.41, 5.74) is 7.60. The predicted octanol–water partition coefficient (Wildman–Crippen LogP) is 2.59. The van der Waals surface area contributed by atoms with E-state index in [1.165, 1.54) is 0 Å². The van der Waals surface area contributed by atoms with E-state index in [0.29, 0.717) is 18.9 Å². The predicted molar refractivity (Wildman–Crippen MR) is 127 cm³/mol. The molecule has 1 aliphatic heterocycles. The number of amides is 1. The fourth-order valence-corrected chi connectivity index (χ4v) is 3.64. The fourth-order valence-electron chi connectivity index (χ4n) is 3.64. The van der Waals surface area contributed by atoms with E-state index in [1.54, 1.807) is 0 Å². The lowest BCUT2D eigenvalue weighted by molar-refractivity contribution is -0.119. The van der Waals surface area contributed by atoms with E-state index in [1.807, 2.05) is 41.2 Å². The van der Waals surface area contributed by atoms with Gasteiger partial charge in [-0.05, 0) is 49.8 Å². The van der Waals surface area contributed by atoms with Crippen LogP contribution in [0.2, 0.25) is 0 Å². The van der Waals surface area contributed by atoms with Crippen LogP contribution in [0.1, 0.15) is 31.7 Å². The normalized spacial score (nSPS) is 16.9. The number of nitrogens with one attached hydrogen (secondary N) is 1.